The Bertz CT molecular complexity index is 419. The highest BCUT2D eigenvalue weighted by Crippen LogP contribution is 2.51. The van der Waals surface area contributed by atoms with E-state index in [1.54, 1.807) is 18.1 Å². The van der Waals surface area contributed by atoms with Crippen LogP contribution >= 0.6 is 11.8 Å². The molecule has 1 aliphatic carbocycles. The Morgan fingerprint density at radius 3 is 2.88 bits per heavy atom. The van der Waals surface area contributed by atoms with Crippen LogP contribution in [0.25, 0.3) is 0 Å². The highest BCUT2D eigenvalue weighted by Gasteiger charge is 2.44. The first-order chi connectivity index (χ1) is 8.13. The Morgan fingerprint density at radius 1 is 1.53 bits per heavy atom. The van der Waals surface area contributed by atoms with Gasteiger partial charge in [0.2, 0.25) is 0 Å². The number of aryl methyl sites for hydroxylation is 1. The van der Waals surface area contributed by atoms with Gasteiger partial charge < -0.3 is 5.11 Å². The topological polar surface area (TPSA) is 63.1 Å². The van der Waals surface area contributed by atoms with E-state index < -0.39 is 5.97 Å². The highest BCUT2D eigenvalue weighted by atomic mass is 32.2. The van der Waals surface area contributed by atoms with Crippen molar-refractivity contribution >= 4 is 17.7 Å². The smallest absolute Gasteiger partial charge is 0.303 e. The van der Waals surface area contributed by atoms with Gasteiger partial charge in [-0.1, -0.05) is 6.92 Å². The Morgan fingerprint density at radius 2 is 2.29 bits per heavy atom. The van der Waals surface area contributed by atoms with E-state index in [1.807, 2.05) is 6.07 Å². The number of carboxylic acid groups (broad SMARTS) is 1. The molecule has 0 radical (unpaired) electrons. The van der Waals surface area contributed by atoms with Crippen molar-refractivity contribution in [3.8, 4) is 0 Å². The molecule has 2 rings (SSSR count). The van der Waals surface area contributed by atoms with Gasteiger partial charge in [0.05, 0.1) is 11.4 Å². The van der Waals surface area contributed by atoms with Crippen molar-refractivity contribution in [1.29, 1.82) is 0 Å². The summed E-state index contributed by atoms with van der Waals surface area (Å²) in [7, 11) is 0. The van der Waals surface area contributed by atoms with Gasteiger partial charge in [0.1, 0.15) is 6.33 Å². The van der Waals surface area contributed by atoms with Crippen LogP contribution in [0.5, 0.6) is 0 Å². The van der Waals surface area contributed by atoms with Crippen LogP contribution in [0.3, 0.4) is 0 Å². The van der Waals surface area contributed by atoms with Crippen molar-refractivity contribution in [2.24, 2.45) is 5.41 Å². The monoisotopic (exact) mass is 252 g/mol. The fourth-order valence-electron chi connectivity index (χ4n) is 1.75. The van der Waals surface area contributed by atoms with Gasteiger partial charge in [0.15, 0.2) is 0 Å². The first kappa shape index (κ1) is 12.4. The van der Waals surface area contributed by atoms with E-state index in [4.69, 9.17) is 5.11 Å². The van der Waals surface area contributed by atoms with Crippen molar-refractivity contribution in [3.05, 3.63) is 18.1 Å². The number of carbonyl (C=O) groups is 1. The molecule has 1 aromatic heterocycles. The summed E-state index contributed by atoms with van der Waals surface area (Å²) in [5.74, 6) is 0.152. The molecule has 1 heterocycles. The molecule has 1 aromatic rings. The second-order valence-electron chi connectivity index (χ2n) is 4.56. The number of aromatic nitrogens is 2. The number of thioether (sulfide) groups is 1. The van der Waals surface area contributed by atoms with Gasteiger partial charge in [-0.05, 0) is 30.7 Å². The van der Waals surface area contributed by atoms with Crippen molar-refractivity contribution in [2.45, 2.75) is 37.6 Å². The van der Waals surface area contributed by atoms with Gasteiger partial charge in [-0.2, -0.15) is 0 Å². The zero-order chi connectivity index (χ0) is 12.3. The molecule has 1 N–H and O–H groups in total. The van der Waals surface area contributed by atoms with Gasteiger partial charge in [-0.25, -0.2) is 9.97 Å². The van der Waals surface area contributed by atoms with E-state index in [2.05, 4.69) is 16.9 Å². The lowest BCUT2D eigenvalue weighted by Crippen LogP contribution is -2.11. The van der Waals surface area contributed by atoms with Crippen LogP contribution in [0.2, 0.25) is 0 Å². The summed E-state index contributed by atoms with van der Waals surface area (Å²) < 4.78 is 0. The van der Waals surface area contributed by atoms with Gasteiger partial charge in [0.25, 0.3) is 0 Å². The number of hydrogen-bond acceptors (Lipinski definition) is 4. The molecule has 17 heavy (non-hydrogen) atoms. The Kier molecular flexibility index (Phi) is 3.66. The van der Waals surface area contributed by atoms with Crippen molar-refractivity contribution in [3.63, 3.8) is 0 Å². The molecule has 92 valence electrons. The molecule has 0 aliphatic heterocycles. The lowest BCUT2D eigenvalue weighted by atomic mass is 10.1. The second kappa shape index (κ2) is 5.04. The van der Waals surface area contributed by atoms with E-state index >= 15 is 0 Å². The molecule has 1 aliphatic rings. The van der Waals surface area contributed by atoms with E-state index in [1.165, 1.54) is 0 Å². The largest absolute Gasteiger partial charge is 0.481 e. The summed E-state index contributed by atoms with van der Waals surface area (Å²) in [5, 5.41) is 9.79. The third-order valence-corrected chi connectivity index (χ3v) is 4.35. The van der Waals surface area contributed by atoms with E-state index in [0.29, 0.717) is 0 Å². The summed E-state index contributed by atoms with van der Waals surface area (Å²) in [6.45, 7) is 2.06. The van der Waals surface area contributed by atoms with Gasteiger partial charge in [0, 0.05) is 11.4 Å². The van der Waals surface area contributed by atoms with E-state index in [9.17, 15) is 4.79 Å². The van der Waals surface area contributed by atoms with Crippen LogP contribution in [-0.2, 0) is 11.2 Å². The number of aliphatic carboxylic acids is 1. The lowest BCUT2D eigenvalue weighted by molar-refractivity contribution is -0.138. The van der Waals surface area contributed by atoms with Crippen molar-refractivity contribution in [2.75, 3.05) is 5.75 Å². The third-order valence-electron chi connectivity index (χ3n) is 3.07. The van der Waals surface area contributed by atoms with E-state index in [-0.39, 0.29) is 11.8 Å². The lowest BCUT2D eigenvalue weighted by Gasteiger charge is -2.11. The average Bonchev–Trinajstić information content (AvgIpc) is 3.06. The minimum Gasteiger partial charge on any atom is -0.481 e. The molecule has 0 spiro atoms. The molecule has 0 aromatic carbocycles. The molecular weight excluding hydrogens is 236 g/mol. The van der Waals surface area contributed by atoms with Gasteiger partial charge in [-0.3, -0.25) is 4.79 Å². The number of carboxylic acids is 1. The molecule has 1 fully saturated rings. The molecule has 1 saturated carbocycles. The normalized spacial score (nSPS) is 16.8. The minimum absolute atomic E-state index is 0.0217. The maximum Gasteiger partial charge on any atom is 0.303 e. The molecular formula is C12H16N2O2S. The number of rotatable bonds is 6. The van der Waals surface area contributed by atoms with E-state index in [0.717, 1.165) is 35.7 Å². The summed E-state index contributed by atoms with van der Waals surface area (Å²) in [5.41, 5.74) is 1.05. The van der Waals surface area contributed by atoms with Crippen LogP contribution in [0.4, 0.5) is 0 Å². The van der Waals surface area contributed by atoms with Crippen molar-refractivity contribution in [1.82, 2.24) is 9.97 Å². The quantitative estimate of drug-likeness (QED) is 0.622. The predicted octanol–water partition coefficient (Wildman–Crippen LogP) is 2.39. The summed E-state index contributed by atoms with van der Waals surface area (Å²) in [6, 6.07) is 1.99. The fourth-order valence-corrected chi connectivity index (χ4v) is 2.93. The maximum atomic E-state index is 10.7. The number of nitrogens with zero attached hydrogens (tertiary/aromatic N) is 2. The van der Waals surface area contributed by atoms with Crippen molar-refractivity contribution < 1.29 is 9.90 Å². The zero-order valence-corrected chi connectivity index (χ0v) is 10.7. The molecule has 4 nitrogen and oxygen atoms in total. The fraction of sp³-hybridized carbons (Fsp3) is 0.583. The Hall–Kier alpha value is -1.10. The molecule has 0 atom stereocenters. The Labute approximate surface area is 105 Å². The SMILES string of the molecule is CCc1cc(SCC2(CC(=O)O)CC2)ncn1. The Balaban J connectivity index is 1.91. The zero-order valence-electron chi connectivity index (χ0n) is 9.85. The van der Waals surface area contributed by atoms with Crippen LogP contribution in [0, 0.1) is 5.41 Å². The summed E-state index contributed by atoms with van der Waals surface area (Å²) >= 11 is 1.65. The van der Waals surface area contributed by atoms with Crippen LogP contribution < -0.4 is 0 Å². The van der Waals surface area contributed by atoms with Crippen LogP contribution in [0.15, 0.2) is 17.4 Å². The van der Waals surface area contributed by atoms with Crippen LogP contribution in [-0.4, -0.2) is 26.8 Å². The maximum absolute atomic E-state index is 10.7. The summed E-state index contributed by atoms with van der Waals surface area (Å²) in [4.78, 5) is 19.1. The average molecular weight is 252 g/mol. The number of hydrogen-bond donors (Lipinski definition) is 1. The molecule has 0 amide bonds. The molecule has 0 bridgehead atoms. The van der Waals surface area contributed by atoms with Crippen LogP contribution in [0.1, 0.15) is 31.9 Å². The first-order valence-corrected chi connectivity index (χ1v) is 6.78. The molecule has 0 unspecified atom stereocenters. The van der Waals surface area contributed by atoms with Gasteiger partial charge in [-0.15, -0.1) is 11.8 Å². The highest BCUT2D eigenvalue weighted by molar-refractivity contribution is 7.99. The summed E-state index contributed by atoms with van der Waals surface area (Å²) in [6.07, 6.45) is 4.82. The molecule has 5 heteroatoms. The first-order valence-electron chi connectivity index (χ1n) is 5.79. The van der Waals surface area contributed by atoms with Gasteiger partial charge >= 0.3 is 5.97 Å². The minimum atomic E-state index is -0.694. The molecule has 0 saturated heterocycles. The third kappa shape index (κ3) is 3.43. The standard InChI is InChI=1S/C12H16N2O2S/c1-2-9-5-10(14-8-13-9)17-7-12(3-4-12)6-11(15)16/h5,8H,2-4,6-7H2,1H3,(H,15,16). The second-order valence-corrected chi connectivity index (χ2v) is 5.56. The predicted molar refractivity (Wildman–Crippen MR) is 66.1 cm³/mol.